The number of hydrogen-bond donors (Lipinski definition) is 0. The van der Waals surface area contributed by atoms with E-state index in [1.54, 1.807) is 27.7 Å². The van der Waals surface area contributed by atoms with E-state index in [2.05, 4.69) is 0 Å². The molecule has 6 heteroatoms. The van der Waals surface area contributed by atoms with E-state index in [1.165, 1.54) is 0 Å². The van der Waals surface area contributed by atoms with Crippen LogP contribution in [0.4, 0.5) is 0 Å². The number of rotatable bonds is 6. The molecule has 0 aromatic rings. The van der Waals surface area contributed by atoms with Crippen molar-refractivity contribution < 1.29 is 13.6 Å². The molecule has 0 aliphatic heterocycles. The maximum Gasteiger partial charge on any atom is 0.319 e. The average molecular weight is 244 g/mol. The van der Waals surface area contributed by atoms with Gasteiger partial charge in [0, 0.05) is 0 Å². The molecular formula is C10H17N2O3P. The predicted molar refractivity (Wildman–Crippen MR) is 59.7 cm³/mol. The SMILES string of the molecule is CC(C)(C#N)CO[PH](=O)OCC(C)(C)C#N. The van der Waals surface area contributed by atoms with Crippen LogP contribution < -0.4 is 0 Å². The van der Waals surface area contributed by atoms with Crippen molar-refractivity contribution >= 4 is 8.25 Å². The lowest BCUT2D eigenvalue weighted by molar-refractivity contribution is 0.159. The first kappa shape index (κ1) is 15.1. The third kappa shape index (κ3) is 6.58. The summed E-state index contributed by atoms with van der Waals surface area (Å²) in [4.78, 5) is 0. The first-order valence-electron chi connectivity index (χ1n) is 4.84. The summed E-state index contributed by atoms with van der Waals surface area (Å²) in [6.07, 6.45) is 0. The summed E-state index contributed by atoms with van der Waals surface area (Å²) < 4.78 is 21.1. The molecule has 0 heterocycles. The molecule has 90 valence electrons. The maximum absolute atomic E-state index is 11.3. The monoisotopic (exact) mass is 244 g/mol. The first-order chi connectivity index (χ1) is 7.22. The van der Waals surface area contributed by atoms with Crippen LogP contribution in [0, 0.1) is 33.5 Å². The van der Waals surface area contributed by atoms with Crippen molar-refractivity contribution in [1.82, 2.24) is 0 Å². The Morgan fingerprint density at radius 3 is 1.56 bits per heavy atom. The fourth-order valence-corrected chi connectivity index (χ4v) is 1.63. The molecule has 0 saturated carbocycles. The Hall–Kier alpha value is -0.870. The van der Waals surface area contributed by atoms with Crippen molar-refractivity contribution in [2.45, 2.75) is 27.7 Å². The van der Waals surface area contributed by atoms with Crippen LogP contribution in [0.2, 0.25) is 0 Å². The fourth-order valence-electron chi connectivity index (χ4n) is 0.585. The average Bonchev–Trinajstić information content (AvgIpc) is 2.24. The third-order valence-corrected chi connectivity index (χ3v) is 2.47. The first-order valence-corrected chi connectivity index (χ1v) is 6.07. The molecule has 0 amide bonds. The van der Waals surface area contributed by atoms with Crippen molar-refractivity contribution in [3.8, 4) is 12.1 Å². The van der Waals surface area contributed by atoms with Gasteiger partial charge in [0.05, 0.1) is 36.2 Å². The van der Waals surface area contributed by atoms with Gasteiger partial charge in [-0.05, 0) is 27.7 Å². The molecule has 0 N–H and O–H groups in total. The zero-order valence-corrected chi connectivity index (χ0v) is 11.0. The molecule has 0 atom stereocenters. The van der Waals surface area contributed by atoms with Crippen molar-refractivity contribution in [2.24, 2.45) is 10.8 Å². The van der Waals surface area contributed by atoms with Gasteiger partial charge in [-0.15, -0.1) is 0 Å². The molecule has 0 fully saturated rings. The minimum Gasteiger partial charge on any atom is -0.309 e. The Morgan fingerprint density at radius 2 is 1.31 bits per heavy atom. The molecule has 0 aromatic carbocycles. The van der Waals surface area contributed by atoms with Gasteiger partial charge in [0.1, 0.15) is 0 Å². The van der Waals surface area contributed by atoms with Crippen LogP contribution in [0.3, 0.4) is 0 Å². The summed E-state index contributed by atoms with van der Waals surface area (Å²) in [5, 5.41) is 17.4. The Balaban J connectivity index is 3.96. The van der Waals surface area contributed by atoms with Gasteiger partial charge in [-0.3, -0.25) is 4.57 Å². The second-order valence-electron chi connectivity index (χ2n) is 4.82. The number of hydrogen-bond acceptors (Lipinski definition) is 5. The third-order valence-electron chi connectivity index (χ3n) is 1.71. The normalized spacial score (nSPS) is 12.2. The molecule has 5 nitrogen and oxygen atoms in total. The highest BCUT2D eigenvalue weighted by atomic mass is 31.1. The smallest absolute Gasteiger partial charge is 0.309 e. The highest BCUT2D eigenvalue weighted by molar-refractivity contribution is 7.33. The van der Waals surface area contributed by atoms with Crippen molar-refractivity contribution in [3.05, 3.63) is 0 Å². The largest absolute Gasteiger partial charge is 0.319 e. The molecular weight excluding hydrogens is 227 g/mol. The van der Waals surface area contributed by atoms with Gasteiger partial charge >= 0.3 is 8.25 Å². The van der Waals surface area contributed by atoms with Gasteiger partial charge < -0.3 is 9.05 Å². The van der Waals surface area contributed by atoms with Crippen LogP contribution in [0.25, 0.3) is 0 Å². The highest BCUT2D eigenvalue weighted by Gasteiger charge is 2.21. The Bertz CT molecular complexity index is 307. The van der Waals surface area contributed by atoms with Gasteiger partial charge in [0.15, 0.2) is 0 Å². The molecule has 0 bridgehead atoms. The molecule has 0 unspecified atom stereocenters. The zero-order chi connectivity index (χ0) is 12.8. The molecule has 0 rings (SSSR count). The van der Waals surface area contributed by atoms with Crippen LogP contribution >= 0.6 is 8.25 Å². The van der Waals surface area contributed by atoms with Gasteiger partial charge in [-0.1, -0.05) is 0 Å². The summed E-state index contributed by atoms with van der Waals surface area (Å²) in [5.41, 5.74) is -1.37. The quantitative estimate of drug-likeness (QED) is 0.670. The van der Waals surface area contributed by atoms with E-state index in [1.807, 2.05) is 12.1 Å². The predicted octanol–water partition coefficient (Wildman–Crippen LogP) is 2.51. The van der Waals surface area contributed by atoms with E-state index in [0.29, 0.717) is 0 Å². The molecule has 0 aliphatic rings. The van der Waals surface area contributed by atoms with E-state index in [0.717, 1.165) is 0 Å². The minimum absolute atomic E-state index is 0.0499. The summed E-state index contributed by atoms with van der Waals surface area (Å²) in [5.74, 6) is 0. The number of nitrogens with zero attached hydrogens (tertiary/aromatic N) is 2. The molecule has 0 saturated heterocycles. The summed E-state index contributed by atoms with van der Waals surface area (Å²) >= 11 is 0. The van der Waals surface area contributed by atoms with Crippen LogP contribution in [0.1, 0.15) is 27.7 Å². The molecule has 0 aromatic heterocycles. The summed E-state index contributed by atoms with van der Waals surface area (Å²) in [7, 11) is -2.63. The topological polar surface area (TPSA) is 83.1 Å². The van der Waals surface area contributed by atoms with E-state index in [9.17, 15) is 4.57 Å². The van der Waals surface area contributed by atoms with Crippen molar-refractivity contribution in [2.75, 3.05) is 13.2 Å². The van der Waals surface area contributed by atoms with Crippen molar-refractivity contribution in [3.63, 3.8) is 0 Å². The van der Waals surface area contributed by atoms with Gasteiger partial charge in [-0.2, -0.15) is 10.5 Å². The second kappa shape index (κ2) is 6.01. The number of nitriles is 2. The molecule has 16 heavy (non-hydrogen) atoms. The minimum atomic E-state index is -2.63. The van der Waals surface area contributed by atoms with Crippen molar-refractivity contribution in [1.29, 1.82) is 10.5 Å². The van der Waals surface area contributed by atoms with Gasteiger partial charge in [0.2, 0.25) is 0 Å². The van der Waals surface area contributed by atoms with Crippen LogP contribution in [-0.4, -0.2) is 13.2 Å². The summed E-state index contributed by atoms with van der Waals surface area (Å²) in [6, 6.07) is 4.05. The lowest BCUT2D eigenvalue weighted by Gasteiger charge is -2.17. The van der Waals surface area contributed by atoms with Gasteiger partial charge in [-0.25, -0.2) is 0 Å². The van der Waals surface area contributed by atoms with E-state index in [4.69, 9.17) is 19.6 Å². The Labute approximate surface area is 96.9 Å². The fraction of sp³-hybridized carbons (Fsp3) is 0.800. The molecule has 0 radical (unpaired) electrons. The lowest BCUT2D eigenvalue weighted by atomic mass is 9.98. The van der Waals surface area contributed by atoms with Crippen LogP contribution in [-0.2, 0) is 13.6 Å². The van der Waals surface area contributed by atoms with Gasteiger partial charge in [0.25, 0.3) is 0 Å². The standard InChI is InChI=1S/C10H17N2O3P/c1-9(2,5-11)7-14-16(13)15-8-10(3,4)6-12/h16H,7-8H2,1-4H3. The molecule has 0 spiro atoms. The maximum atomic E-state index is 11.3. The van der Waals surface area contributed by atoms with E-state index in [-0.39, 0.29) is 13.2 Å². The Morgan fingerprint density at radius 1 is 1.00 bits per heavy atom. The highest BCUT2D eigenvalue weighted by Crippen LogP contribution is 2.30. The molecule has 0 aliphatic carbocycles. The van der Waals surface area contributed by atoms with Crippen LogP contribution in [0.5, 0.6) is 0 Å². The lowest BCUT2D eigenvalue weighted by Crippen LogP contribution is -2.17. The van der Waals surface area contributed by atoms with E-state index < -0.39 is 19.1 Å². The summed E-state index contributed by atoms with van der Waals surface area (Å²) in [6.45, 7) is 6.83. The van der Waals surface area contributed by atoms with E-state index >= 15 is 0 Å². The Kier molecular flexibility index (Phi) is 5.68. The zero-order valence-electron chi connectivity index (χ0n) is 10.0. The van der Waals surface area contributed by atoms with Crippen LogP contribution in [0.15, 0.2) is 0 Å². The second-order valence-corrected chi connectivity index (χ2v) is 5.90.